The molecule has 1 aromatic carbocycles. The molecule has 1 fully saturated rings. The molecule has 0 radical (unpaired) electrons. The summed E-state index contributed by atoms with van der Waals surface area (Å²) in [5.74, 6) is 0.564. The van der Waals surface area contributed by atoms with Gasteiger partial charge in [-0.25, -0.2) is 0 Å². The molecule has 23 heavy (non-hydrogen) atoms. The predicted octanol–water partition coefficient (Wildman–Crippen LogP) is 3.00. The first-order chi connectivity index (χ1) is 11.0. The van der Waals surface area contributed by atoms with E-state index in [0.717, 1.165) is 24.6 Å². The van der Waals surface area contributed by atoms with Gasteiger partial charge in [-0.2, -0.15) is 0 Å². The van der Waals surface area contributed by atoms with Gasteiger partial charge in [-0.05, 0) is 37.5 Å². The summed E-state index contributed by atoms with van der Waals surface area (Å²) in [5, 5.41) is 9.21. The smallest absolute Gasteiger partial charge is 0.251 e. The fourth-order valence-corrected chi connectivity index (χ4v) is 3.03. The third kappa shape index (κ3) is 3.49. The average molecular weight is 315 g/mol. The summed E-state index contributed by atoms with van der Waals surface area (Å²) in [6.45, 7) is 4.60. The van der Waals surface area contributed by atoms with Crippen molar-refractivity contribution in [1.82, 2.24) is 5.32 Å². The van der Waals surface area contributed by atoms with E-state index in [1.54, 1.807) is 12.1 Å². The number of rotatable bonds is 4. The van der Waals surface area contributed by atoms with Crippen molar-refractivity contribution >= 4 is 23.2 Å². The van der Waals surface area contributed by atoms with Crippen molar-refractivity contribution in [2.24, 2.45) is 11.8 Å². The lowest BCUT2D eigenvalue weighted by atomic mass is 9.83. The molecule has 124 valence electrons. The number of carbonyl (C=O) groups is 2. The Labute approximate surface area is 137 Å². The van der Waals surface area contributed by atoms with Gasteiger partial charge in [0.15, 0.2) is 0 Å². The molecule has 0 saturated heterocycles. The molecule has 1 aromatic rings. The largest absolute Gasteiger partial charge is 0.380 e. The van der Waals surface area contributed by atoms with Gasteiger partial charge in [0, 0.05) is 18.2 Å². The number of fused-ring (bicyclic) bond motifs is 1. The Morgan fingerprint density at radius 3 is 2.74 bits per heavy atom. The van der Waals surface area contributed by atoms with Gasteiger partial charge < -0.3 is 16.0 Å². The molecule has 2 amide bonds. The van der Waals surface area contributed by atoms with E-state index in [9.17, 15) is 9.59 Å². The molecule has 3 rings (SSSR count). The zero-order valence-electron chi connectivity index (χ0n) is 13.8. The monoisotopic (exact) mass is 315 g/mol. The topological polar surface area (TPSA) is 70.2 Å². The Hall–Kier alpha value is -2.04. The van der Waals surface area contributed by atoms with Crippen LogP contribution in [0, 0.1) is 11.8 Å². The lowest BCUT2D eigenvalue weighted by Crippen LogP contribution is -2.30. The van der Waals surface area contributed by atoms with Crippen molar-refractivity contribution in [3.63, 3.8) is 0 Å². The number of hydrogen-bond donors (Lipinski definition) is 3. The normalized spacial score (nSPS) is 23.8. The third-order valence-corrected chi connectivity index (χ3v) is 5.15. The van der Waals surface area contributed by atoms with E-state index in [-0.39, 0.29) is 23.8 Å². The summed E-state index contributed by atoms with van der Waals surface area (Å²) < 4.78 is 0. The van der Waals surface area contributed by atoms with Crippen LogP contribution >= 0.6 is 0 Å². The Kier molecular flexibility index (Phi) is 4.55. The first-order valence-electron chi connectivity index (χ1n) is 8.54. The van der Waals surface area contributed by atoms with Gasteiger partial charge in [0.2, 0.25) is 5.91 Å². The van der Waals surface area contributed by atoms with Gasteiger partial charge in [-0.3, -0.25) is 9.59 Å². The quantitative estimate of drug-likeness (QED) is 0.800. The second-order valence-electron chi connectivity index (χ2n) is 6.81. The van der Waals surface area contributed by atoms with Gasteiger partial charge >= 0.3 is 0 Å². The summed E-state index contributed by atoms with van der Waals surface area (Å²) in [6, 6.07) is 5.48. The van der Waals surface area contributed by atoms with Gasteiger partial charge in [0.05, 0.1) is 17.3 Å². The molecule has 1 saturated carbocycles. The molecular weight excluding hydrogens is 290 g/mol. The van der Waals surface area contributed by atoms with Crippen LogP contribution in [-0.2, 0) is 4.79 Å². The highest BCUT2D eigenvalue weighted by atomic mass is 16.2. The zero-order valence-corrected chi connectivity index (χ0v) is 13.8. The Morgan fingerprint density at radius 2 is 2.04 bits per heavy atom. The second-order valence-corrected chi connectivity index (χ2v) is 6.81. The van der Waals surface area contributed by atoms with E-state index in [2.05, 4.69) is 16.0 Å². The predicted molar refractivity (Wildman–Crippen MR) is 91.6 cm³/mol. The number of nitrogens with one attached hydrogen (secondary N) is 3. The van der Waals surface area contributed by atoms with Crippen LogP contribution in [0.3, 0.4) is 0 Å². The molecule has 2 atom stereocenters. The molecule has 1 aliphatic heterocycles. The minimum Gasteiger partial charge on any atom is -0.380 e. The molecule has 0 spiro atoms. The highest BCUT2D eigenvalue weighted by Gasteiger charge is 2.26. The van der Waals surface area contributed by atoms with E-state index in [1.807, 2.05) is 19.9 Å². The zero-order chi connectivity index (χ0) is 16.4. The maximum absolute atomic E-state index is 12.3. The number of benzene rings is 1. The van der Waals surface area contributed by atoms with Crippen molar-refractivity contribution in [2.45, 2.75) is 45.6 Å². The summed E-state index contributed by atoms with van der Waals surface area (Å²) in [4.78, 5) is 24.4. The summed E-state index contributed by atoms with van der Waals surface area (Å²) in [5.41, 5.74) is 2.13. The van der Waals surface area contributed by atoms with E-state index in [4.69, 9.17) is 0 Å². The van der Waals surface area contributed by atoms with Crippen LogP contribution in [0.5, 0.6) is 0 Å². The fourth-order valence-electron chi connectivity index (χ4n) is 3.03. The minimum absolute atomic E-state index is 0.0220. The molecule has 3 N–H and O–H groups in total. The summed E-state index contributed by atoms with van der Waals surface area (Å²) in [6.07, 6.45) is 4.97. The van der Waals surface area contributed by atoms with Crippen molar-refractivity contribution in [1.29, 1.82) is 0 Å². The third-order valence-electron chi connectivity index (χ3n) is 5.15. The van der Waals surface area contributed by atoms with Crippen LogP contribution < -0.4 is 16.0 Å². The molecule has 5 nitrogen and oxygen atoms in total. The van der Waals surface area contributed by atoms with Crippen LogP contribution in [0.1, 0.15) is 49.9 Å². The maximum Gasteiger partial charge on any atom is 0.251 e. The number of carbonyl (C=O) groups excluding carboxylic acids is 2. The van der Waals surface area contributed by atoms with E-state index < -0.39 is 0 Å². The van der Waals surface area contributed by atoms with Crippen LogP contribution in [0.25, 0.3) is 0 Å². The molecule has 1 aliphatic carbocycles. The van der Waals surface area contributed by atoms with Crippen LogP contribution in [-0.4, -0.2) is 24.4 Å². The van der Waals surface area contributed by atoms with E-state index in [0.29, 0.717) is 11.3 Å². The Balaban J connectivity index is 1.66. The molecule has 2 aliphatic rings. The number of hydrogen-bond acceptors (Lipinski definition) is 3. The SMILES string of the molecule is CC1Nc2ccc(C(=O)NCCC3CCC3)cc2NC(=O)C1C. The van der Waals surface area contributed by atoms with E-state index in [1.165, 1.54) is 19.3 Å². The van der Waals surface area contributed by atoms with Crippen molar-refractivity contribution in [3.8, 4) is 0 Å². The van der Waals surface area contributed by atoms with E-state index >= 15 is 0 Å². The van der Waals surface area contributed by atoms with Crippen molar-refractivity contribution in [2.75, 3.05) is 17.2 Å². The van der Waals surface area contributed by atoms with Crippen LogP contribution in [0.15, 0.2) is 18.2 Å². The van der Waals surface area contributed by atoms with Crippen LogP contribution in [0.4, 0.5) is 11.4 Å². The molecule has 0 aromatic heterocycles. The minimum atomic E-state index is -0.123. The fraction of sp³-hybridized carbons (Fsp3) is 0.556. The number of anilines is 2. The molecular formula is C18H25N3O2. The first kappa shape index (κ1) is 15.8. The Morgan fingerprint density at radius 1 is 1.26 bits per heavy atom. The molecule has 5 heteroatoms. The number of amides is 2. The highest BCUT2D eigenvalue weighted by molar-refractivity contribution is 6.01. The Bertz CT molecular complexity index is 610. The molecule has 2 unspecified atom stereocenters. The van der Waals surface area contributed by atoms with Crippen LogP contribution in [0.2, 0.25) is 0 Å². The van der Waals surface area contributed by atoms with Crippen molar-refractivity contribution < 1.29 is 9.59 Å². The highest BCUT2D eigenvalue weighted by Crippen LogP contribution is 2.30. The first-order valence-corrected chi connectivity index (χ1v) is 8.54. The lowest BCUT2D eigenvalue weighted by Gasteiger charge is -2.25. The van der Waals surface area contributed by atoms with Gasteiger partial charge in [-0.1, -0.05) is 26.2 Å². The van der Waals surface area contributed by atoms with Gasteiger partial charge in [0.25, 0.3) is 5.91 Å². The van der Waals surface area contributed by atoms with Gasteiger partial charge in [0.1, 0.15) is 0 Å². The lowest BCUT2D eigenvalue weighted by molar-refractivity contribution is -0.119. The second kappa shape index (κ2) is 6.60. The average Bonchev–Trinajstić information content (AvgIpc) is 2.59. The standard InChI is InChI=1S/C18H25N3O2/c1-11-12(2)20-15-7-6-14(10-16(15)21-17(11)22)18(23)19-9-8-13-4-3-5-13/h6-7,10-13,20H,3-5,8-9H2,1-2H3,(H,19,23)(H,21,22). The maximum atomic E-state index is 12.3. The van der Waals surface area contributed by atoms with Gasteiger partial charge in [-0.15, -0.1) is 0 Å². The van der Waals surface area contributed by atoms with Crippen molar-refractivity contribution in [3.05, 3.63) is 23.8 Å². The molecule has 0 bridgehead atoms. The molecule has 1 heterocycles. The summed E-state index contributed by atoms with van der Waals surface area (Å²) >= 11 is 0. The summed E-state index contributed by atoms with van der Waals surface area (Å²) in [7, 11) is 0.